The monoisotopic (exact) mass is 620 g/mol. The Hall–Kier alpha value is -2.69. The summed E-state index contributed by atoms with van der Waals surface area (Å²) in [6.45, 7) is 6.15. The first-order chi connectivity index (χ1) is 18.9. The van der Waals surface area contributed by atoms with Crippen LogP contribution < -0.4 is 5.84 Å². The molecule has 1 unspecified atom stereocenters. The van der Waals surface area contributed by atoms with Crippen LogP contribution in [0.5, 0.6) is 0 Å². The van der Waals surface area contributed by atoms with Crippen molar-refractivity contribution in [3.05, 3.63) is 98.0 Å². The van der Waals surface area contributed by atoms with E-state index in [1.54, 1.807) is 31.4 Å². The molecular formula is C28H28Cl3FN6OS. The van der Waals surface area contributed by atoms with Crippen LogP contribution in [-0.4, -0.2) is 28.1 Å². The number of imidazole rings is 1. The van der Waals surface area contributed by atoms with Crippen LogP contribution in [0.25, 0.3) is 5.69 Å². The highest BCUT2D eigenvalue weighted by Crippen LogP contribution is 2.43. The van der Waals surface area contributed by atoms with Crippen LogP contribution in [0.1, 0.15) is 44.0 Å². The number of hydrogen-bond acceptors (Lipinski definition) is 5. The number of hydrogen-bond donors (Lipinski definition) is 2. The van der Waals surface area contributed by atoms with Crippen molar-refractivity contribution in [2.24, 2.45) is 16.2 Å². The minimum atomic E-state index is -0.572. The third-order valence-corrected chi connectivity index (χ3v) is 9.21. The first-order valence-electron chi connectivity index (χ1n) is 12.2. The van der Waals surface area contributed by atoms with Gasteiger partial charge in [0.2, 0.25) is 0 Å². The lowest BCUT2D eigenvalue weighted by atomic mass is 9.77. The molecule has 0 spiro atoms. The summed E-state index contributed by atoms with van der Waals surface area (Å²) in [5, 5.41) is 16.8. The van der Waals surface area contributed by atoms with Gasteiger partial charge in [0, 0.05) is 34.6 Å². The van der Waals surface area contributed by atoms with Gasteiger partial charge in [0.15, 0.2) is 11.0 Å². The summed E-state index contributed by atoms with van der Waals surface area (Å²) in [4.78, 5) is 4.75. The van der Waals surface area contributed by atoms with Gasteiger partial charge >= 0.3 is 0 Å². The lowest BCUT2D eigenvalue weighted by Crippen LogP contribution is -2.32. The molecule has 7 nitrogen and oxygen atoms in total. The van der Waals surface area contributed by atoms with E-state index in [9.17, 15) is 4.39 Å². The van der Waals surface area contributed by atoms with Crippen molar-refractivity contribution in [1.29, 1.82) is 5.41 Å². The molecule has 1 aromatic heterocycles. The second kappa shape index (κ2) is 12.0. The Balaban J connectivity index is 1.74. The highest BCUT2D eigenvalue weighted by atomic mass is 35.5. The van der Waals surface area contributed by atoms with Gasteiger partial charge in [0.05, 0.1) is 21.9 Å². The molecule has 3 aromatic rings. The molecular weight excluding hydrogens is 594 g/mol. The molecule has 1 atom stereocenters. The second-order valence-electron chi connectivity index (χ2n) is 9.93. The van der Waals surface area contributed by atoms with Crippen molar-refractivity contribution in [3.8, 4) is 5.69 Å². The van der Waals surface area contributed by atoms with Gasteiger partial charge in [-0.3, -0.25) is 9.98 Å². The third kappa shape index (κ3) is 5.99. The van der Waals surface area contributed by atoms with E-state index >= 15 is 0 Å². The number of allylic oxidation sites excluding steroid dienone is 2. The highest BCUT2D eigenvalue weighted by Gasteiger charge is 2.36. The molecule has 0 radical (unpaired) electrons. The minimum absolute atomic E-state index is 0.177. The number of nitrogens with two attached hydrogens (primary N) is 1. The standard InChI is InChI=1S/C28H28Cl3FN6OS/c1-27(2,17-9-10-28(3,39-4)23(31)12-17)24-14-35-26(38(24)19-7-5-18(32)6-8-19)40-15-16-11-20(25(33)36-37-34)22(30)13-21(16)29/h5-9,11-14H,10,15H2,1-4H3,(H3,33,34,36). The second-order valence-corrected chi connectivity index (χ2v) is 12.1. The molecule has 12 heteroatoms. The number of halogens is 4. The summed E-state index contributed by atoms with van der Waals surface area (Å²) in [7, 11) is 1.65. The number of ether oxygens (including phenoxy) is 1. The maximum atomic E-state index is 13.9. The zero-order valence-electron chi connectivity index (χ0n) is 22.3. The SMILES string of the molecule is COC1(C)CC=C(C(C)(C)c2cnc(SCc3cc(C(=N)N=NN)c(Cl)cc3Cl)n2-c2ccc(F)cc2)C=C1Cl. The van der Waals surface area contributed by atoms with E-state index < -0.39 is 11.0 Å². The first kappa shape index (κ1) is 30.3. The van der Waals surface area contributed by atoms with Crippen molar-refractivity contribution < 1.29 is 9.13 Å². The van der Waals surface area contributed by atoms with Gasteiger partial charge in [-0.2, -0.15) is 0 Å². The smallest absolute Gasteiger partial charge is 0.177 e. The van der Waals surface area contributed by atoms with E-state index in [4.69, 9.17) is 55.8 Å². The molecule has 40 heavy (non-hydrogen) atoms. The molecule has 0 amide bonds. The summed E-state index contributed by atoms with van der Waals surface area (Å²) < 4.78 is 21.5. The number of aromatic nitrogens is 2. The normalized spacial score (nSPS) is 17.7. The largest absolute Gasteiger partial charge is 0.373 e. The summed E-state index contributed by atoms with van der Waals surface area (Å²) in [5.74, 6) is 5.01. The number of nitrogens with zero attached hydrogens (tertiary/aromatic N) is 4. The number of nitrogens with one attached hydrogen (secondary N) is 1. The molecule has 210 valence electrons. The van der Waals surface area contributed by atoms with E-state index in [0.717, 1.165) is 22.5 Å². The van der Waals surface area contributed by atoms with Gasteiger partial charge in [-0.05, 0) is 67.0 Å². The van der Waals surface area contributed by atoms with Crippen LogP contribution in [0.3, 0.4) is 0 Å². The van der Waals surface area contributed by atoms with Crippen LogP contribution in [0, 0.1) is 11.2 Å². The van der Waals surface area contributed by atoms with Gasteiger partial charge in [-0.15, -0.1) is 5.11 Å². The fourth-order valence-corrected chi connectivity index (χ4v) is 6.25. The summed E-state index contributed by atoms with van der Waals surface area (Å²) in [6.07, 6.45) is 6.53. The Kier molecular flexibility index (Phi) is 9.11. The zero-order chi connectivity index (χ0) is 29.2. The Morgan fingerprint density at radius 3 is 2.55 bits per heavy atom. The lowest BCUT2D eigenvalue weighted by Gasteiger charge is -2.35. The highest BCUT2D eigenvalue weighted by molar-refractivity contribution is 7.98. The van der Waals surface area contributed by atoms with Crippen LogP contribution >= 0.6 is 46.6 Å². The van der Waals surface area contributed by atoms with Crippen molar-refractivity contribution in [1.82, 2.24) is 9.55 Å². The molecule has 0 bridgehead atoms. The molecule has 0 saturated carbocycles. The fourth-order valence-electron chi connectivity index (χ4n) is 4.37. The topological polar surface area (TPSA) is 102 Å². The molecule has 0 fully saturated rings. The van der Waals surface area contributed by atoms with Gasteiger partial charge in [0.1, 0.15) is 11.4 Å². The predicted octanol–water partition coefficient (Wildman–Crippen LogP) is 8.40. The number of amidine groups is 1. The Morgan fingerprint density at radius 1 is 1.23 bits per heavy atom. The Bertz CT molecular complexity index is 1530. The van der Waals surface area contributed by atoms with E-state index in [1.165, 1.54) is 23.9 Å². The molecule has 2 aromatic carbocycles. The fraction of sp³-hybridized carbons (Fsp3) is 0.286. The van der Waals surface area contributed by atoms with E-state index in [2.05, 4.69) is 30.3 Å². The number of methoxy groups -OCH3 is 1. The molecule has 1 aliphatic rings. The van der Waals surface area contributed by atoms with Crippen LogP contribution in [-0.2, 0) is 15.9 Å². The van der Waals surface area contributed by atoms with E-state index in [0.29, 0.717) is 32.9 Å². The summed E-state index contributed by atoms with van der Waals surface area (Å²) in [5.41, 5.74) is 2.66. The van der Waals surface area contributed by atoms with Crippen molar-refractivity contribution in [2.75, 3.05) is 7.11 Å². The van der Waals surface area contributed by atoms with Gasteiger partial charge in [-0.1, -0.05) is 71.7 Å². The quantitative estimate of drug-likeness (QED) is 0.0658. The maximum Gasteiger partial charge on any atom is 0.177 e. The average Bonchev–Trinajstić information content (AvgIpc) is 3.35. The third-order valence-electron chi connectivity index (χ3n) is 7.03. The van der Waals surface area contributed by atoms with Crippen molar-refractivity contribution in [3.63, 3.8) is 0 Å². The van der Waals surface area contributed by atoms with E-state index in [-0.39, 0.29) is 16.7 Å². The number of thioether (sulfide) groups is 1. The van der Waals surface area contributed by atoms with Crippen LogP contribution in [0.15, 0.2) is 80.8 Å². The van der Waals surface area contributed by atoms with E-state index in [1.807, 2.05) is 23.8 Å². The number of benzene rings is 2. The maximum absolute atomic E-state index is 13.9. The van der Waals surface area contributed by atoms with Gasteiger partial charge < -0.3 is 10.6 Å². The minimum Gasteiger partial charge on any atom is -0.373 e. The number of rotatable bonds is 8. The summed E-state index contributed by atoms with van der Waals surface area (Å²) >= 11 is 20.9. The Labute approximate surface area is 251 Å². The van der Waals surface area contributed by atoms with Crippen molar-refractivity contribution >= 4 is 52.4 Å². The first-order valence-corrected chi connectivity index (χ1v) is 14.3. The van der Waals surface area contributed by atoms with Crippen molar-refractivity contribution in [2.45, 2.75) is 49.1 Å². The molecule has 0 saturated heterocycles. The van der Waals surface area contributed by atoms with Gasteiger partial charge in [-0.25, -0.2) is 9.37 Å². The average molecular weight is 622 g/mol. The lowest BCUT2D eigenvalue weighted by molar-refractivity contribution is 0.0457. The van der Waals surface area contributed by atoms with Crippen LogP contribution in [0.2, 0.25) is 10.0 Å². The molecule has 1 aliphatic carbocycles. The Morgan fingerprint density at radius 2 is 1.93 bits per heavy atom. The molecule has 4 rings (SSSR count). The molecule has 1 heterocycles. The summed E-state index contributed by atoms with van der Waals surface area (Å²) in [6, 6.07) is 9.52. The van der Waals surface area contributed by atoms with Gasteiger partial charge in [0.25, 0.3) is 0 Å². The zero-order valence-corrected chi connectivity index (χ0v) is 25.4. The molecule has 0 aliphatic heterocycles. The molecule has 3 N–H and O–H groups in total. The predicted molar refractivity (Wildman–Crippen MR) is 160 cm³/mol. The van der Waals surface area contributed by atoms with Crippen LogP contribution in [0.4, 0.5) is 4.39 Å².